The molecule has 8 nitrogen and oxygen atoms in total. The quantitative estimate of drug-likeness (QED) is 0.291. The van der Waals surface area contributed by atoms with E-state index in [1.807, 2.05) is 0 Å². The monoisotopic (exact) mass is 367 g/mol. The molecule has 3 rings (SSSR count). The van der Waals surface area contributed by atoms with Crippen molar-refractivity contribution in [2.45, 2.75) is 0 Å². The Hall–Kier alpha value is -3.94. The molecule has 3 aromatic rings. The van der Waals surface area contributed by atoms with Crippen LogP contribution in [0.5, 0.6) is 5.75 Å². The van der Waals surface area contributed by atoms with Crippen molar-refractivity contribution < 1.29 is 28.4 Å². The van der Waals surface area contributed by atoms with Gasteiger partial charge in [0, 0.05) is 17.7 Å². The van der Waals surface area contributed by atoms with Crippen molar-refractivity contribution in [1.29, 1.82) is 0 Å². The number of carbonyl (C=O) groups is 2. The van der Waals surface area contributed by atoms with Crippen LogP contribution in [0.4, 0.5) is 5.69 Å². The van der Waals surface area contributed by atoms with Gasteiger partial charge in [-0.3, -0.25) is 10.1 Å². The van der Waals surface area contributed by atoms with Gasteiger partial charge in [0.2, 0.25) is 5.76 Å². The molecule has 2 aromatic carbocycles. The Kier molecular flexibility index (Phi) is 4.98. The summed E-state index contributed by atoms with van der Waals surface area (Å²) in [5.74, 6) is -0.625. The first-order chi connectivity index (χ1) is 13.0. The van der Waals surface area contributed by atoms with Gasteiger partial charge in [-0.1, -0.05) is 0 Å². The summed E-state index contributed by atoms with van der Waals surface area (Å²) in [6.45, 7) is 0. The maximum atomic E-state index is 12.2. The number of nitro groups is 1. The van der Waals surface area contributed by atoms with Crippen LogP contribution in [0.15, 0.2) is 65.1 Å². The summed E-state index contributed by atoms with van der Waals surface area (Å²) in [7, 11) is 1.27. The number of furan rings is 1. The van der Waals surface area contributed by atoms with Crippen LogP contribution < -0.4 is 4.74 Å². The van der Waals surface area contributed by atoms with E-state index in [0.29, 0.717) is 16.9 Å². The molecule has 0 aliphatic heterocycles. The number of non-ortho nitro benzene ring substituents is 1. The van der Waals surface area contributed by atoms with Gasteiger partial charge < -0.3 is 13.9 Å². The standard InChI is InChI=1S/C19H13NO7/c1-25-18(21)13-4-8-15(9-5-13)26-19(22)17-11-10-16(27-17)12-2-6-14(7-3-12)20(23)24/h2-11H,1H3. The summed E-state index contributed by atoms with van der Waals surface area (Å²) in [5.41, 5.74) is 0.873. The summed E-state index contributed by atoms with van der Waals surface area (Å²) in [6.07, 6.45) is 0. The number of esters is 2. The fourth-order valence-corrected chi connectivity index (χ4v) is 2.28. The van der Waals surface area contributed by atoms with Gasteiger partial charge in [-0.15, -0.1) is 0 Å². The molecule has 1 aromatic heterocycles. The molecule has 1 heterocycles. The van der Waals surface area contributed by atoms with Crippen LogP contribution in [0.25, 0.3) is 11.3 Å². The predicted molar refractivity (Wildman–Crippen MR) is 93.5 cm³/mol. The highest BCUT2D eigenvalue weighted by Crippen LogP contribution is 2.25. The van der Waals surface area contributed by atoms with E-state index >= 15 is 0 Å². The Balaban J connectivity index is 1.71. The largest absolute Gasteiger partial charge is 0.465 e. The zero-order valence-corrected chi connectivity index (χ0v) is 14.1. The Morgan fingerprint density at radius 1 is 0.926 bits per heavy atom. The molecule has 0 atom stereocenters. The zero-order chi connectivity index (χ0) is 19.4. The second-order valence-corrected chi connectivity index (χ2v) is 5.37. The summed E-state index contributed by atoms with van der Waals surface area (Å²) in [4.78, 5) is 33.7. The van der Waals surface area contributed by atoms with Crippen LogP contribution in [-0.2, 0) is 4.74 Å². The van der Waals surface area contributed by atoms with Crippen LogP contribution in [0.1, 0.15) is 20.9 Å². The van der Waals surface area contributed by atoms with E-state index in [0.717, 1.165) is 0 Å². The van der Waals surface area contributed by atoms with Crippen molar-refractivity contribution in [2.75, 3.05) is 7.11 Å². The normalized spacial score (nSPS) is 10.3. The van der Waals surface area contributed by atoms with E-state index in [-0.39, 0.29) is 17.2 Å². The lowest BCUT2D eigenvalue weighted by Gasteiger charge is -2.03. The topological polar surface area (TPSA) is 109 Å². The van der Waals surface area contributed by atoms with E-state index in [1.54, 1.807) is 6.07 Å². The Labute approximate surface area is 153 Å². The summed E-state index contributed by atoms with van der Waals surface area (Å²) < 4.78 is 15.3. The van der Waals surface area contributed by atoms with E-state index < -0.39 is 16.9 Å². The molecule has 0 saturated heterocycles. The minimum Gasteiger partial charge on any atom is -0.465 e. The van der Waals surface area contributed by atoms with Gasteiger partial charge in [-0.05, 0) is 48.5 Å². The second kappa shape index (κ2) is 7.52. The number of rotatable bonds is 5. The highest BCUT2D eigenvalue weighted by atomic mass is 16.6. The number of nitrogens with zero attached hydrogens (tertiary/aromatic N) is 1. The number of carbonyl (C=O) groups excluding carboxylic acids is 2. The molecule has 0 bridgehead atoms. The van der Waals surface area contributed by atoms with Crippen LogP contribution in [-0.4, -0.2) is 24.0 Å². The summed E-state index contributed by atoms with van der Waals surface area (Å²) >= 11 is 0. The number of nitro benzene ring substituents is 1. The van der Waals surface area contributed by atoms with E-state index in [1.165, 1.54) is 61.7 Å². The van der Waals surface area contributed by atoms with Gasteiger partial charge in [-0.2, -0.15) is 0 Å². The number of methoxy groups -OCH3 is 1. The van der Waals surface area contributed by atoms with Crippen molar-refractivity contribution in [3.63, 3.8) is 0 Å². The zero-order valence-electron chi connectivity index (χ0n) is 14.1. The minimum atomic E-state index is -0.714. The lowest BCUT2D eigenvalue weighted by atomic mass is 10.1. The summed E-state index contributed by atoms with van der Waals surface area (Å²) in [6, 6.07) is 14.6. The molecule has 0 spiro atoms. The van der Waals surface area contributed by atoms with Gasteiger partial charge in [0.25, 0.3) is 5.69 Å². The molecule has 0 aliphatic rings. The third-order valence-electron chi connectivity index (χ3n) is 3.66. The van der Waals surface area contributed by atoms with Gasteiger partial charge in [-0.25, -0.2) is 9.59 Å². The van der Waals surface area contributed by atoms with Crippen molar-refractivity contribution in [1.82, 2.24) is 0 Å². The molecule has 8 heteroatoms. The maximum Gasteiger partial charge on any atom is 0.379 e. The number of benzene rings is 2. The molecular weight excluding hydrogens is 354 g/mol. The van der Waals surface area contributed by atoms with Gasteiger partial charge in [0.05, 0.1) is 17.6 Å². The molecule has 27 heavy (non-hydrogen) atoms. The average Bonchev–Trinajstić information content (AvgIpc) is 3.18. The highest BCUT2D eigenvalue weighted by molar-refractivity contribution is 5.90. The lowest BCUT2D eigenvalue weighted by Crippen LogP contribution is -2.07. The lowest BCUT2D eigenvalue weighted by molar-refractivity contribution is -0.384. The molecule has 0 N–H and O–H groups in total. The van der Waals surface area contributed by atoms with Gasteiger partial charge >= 0.3 is 11.9 Å². The molecule has 0 unspecified atom stereocenters. The maximum absolute atomic E-state index is 12.2. The molecule has 0 aliphatic carbocycles. The molecule has 0 saturated carbocycles. The Morgan fingerprint density at radius 2 is 1.59 bits per heavy atom. The Bertz CT molecular complexity index is 988. The van der Waals surface area contributed by atoms with Gasteiger partial charge in [0.1, 0.15) is 11.5 Å². The van der Waals surface area contributed by atoms with Crippen LogP contribution >= 0.6 is 0 Å². The van der Waals surface area contributed by atoms with Crippen molar-refractivity contribution in [3.8, 4) is 17.1 Å². The second-order valence-electron chi connectivity index (χ2n) is 5.37. The first kappa shape index (κ1) is 17.9. The van der Waals surface area contributed by atoms with Crippen molar-refractivity contribution >= 4 is 17.6 Å². The first-order valence-electron chi connectivity index (χ1n) is 7.73. The molecule has 0 radical (unpaired) electrons. The predicted octanol–water partition coefficient (Wildman–Crippen LogP) is 3.86. The number of hydrogen-bond acceptors (Lipinski definition) is 7. The van der Waals surface area contributed by atoms with Gasteiger partial charge in [0.15, 0.2) is 0 Å². The number of ether oxygens (including phenoxy) is 2. The molecule has 136 valence electrons. The van der Waals surface area contributed by atoms with Crippen molar-refractivity contribution in [3.05, 3.63) is 82.1 Å². The molecular formula is C19H13NO7. The first-order valence-corrected chi connectivity index (χ1v) is 7.73. The van der Waals surface area contributed by atoms with Crippen LogP contribution in [0.2, 0.25) is 0 Å². The summed E-state index contributed by atoms with van der Waals surface area (Å²) in [5, 5.41) is 10.7. The van der Waals surface area contributed by atoms with E-state index in [9.17, 15) is 19.7 Å². The average molecular weight is 367 g/mol. The van der Waals surface area contributed by atoms with Crippen LogP contribution in [0, 0.1) is 10.1 Å². The molecule has 0 amide bonds. The van der Waals surface area contributed by atoms with E-state index in [2.05, 4.69) is 4.74 Å². The fourth-order valence-electron chi connectivity index (χ4n) is 2.28. The van der Waals surface area contributed by atoms with E-state index in [4.69, 9.17) is 9.15 Å². The Morgan fingerprint density at radius 3 is 2.19 bits per heavy atom. The third kappa shape index (κ3) is 4.01. The SMILES string of the molecule is COC(=O)c1ccc(OC(=O)c2ccc(-c3ccc([N+](=O)[O-])cc3)o2)cc1. The highest BCUT2D eigenvalue weighted by Gasteiger charge is 2.16. The number of hydrogen-bond donors (Lipinski definition) is 0. The third-order valence-corrected chi connectivity index (χ3v) is 3.66. The smallest absolute Gasteiger partial charge is 0.379 e. The molecule has 0 fully saturated rings. The minimum absolute atomic E-state index is 0.0274. The van der Waals surface area contributed by atoms with Crippen molar-refractivity contribution in [2.24, 2.45) is 0 Å². The fraction of sp³-hybridized carbons (Fsp3) is 0.0526. The van der Waals surface area contributed by atoms with Crippen LogP contribution in [0.3, 0.4) is 0 Å².